The largest absolute Gasteiger partial charge is 0.534 e. The van der Waals surface area contributed by atoms with Crippen molar-refractivity contribution in [3.63, 3.8) is 0 Å². The first-order valence-electron chi connectivity index (χ1n) is 7.23. The van der Waals surface area contributed by atoms with Crippen LogP contribution in [0.1, 0.15) is 11.1 Å². The van der Waals surface area contributed by atoms with Gasteiger partial charge in [-0.1, -0.05) is 18.2 Å². The number of alkyl halides is 6. The van der Waals surface area contributed by atoms with Crippen molar-refractivity contribution in [1.29, 1.82) is 0 Å². The molecule has 0 saturated carbocycles. The minimum atomic E-state index is -6.02. The Labute approximate surface area is 154 Å². The molecule has 0 saturated heterocycles. The number of rotatable bonds is 5. The van der Waals surface area contributed by atoms with E-state index in [0.717, 1.165) is 24.3 Å². The van der Waals surface area contributed by atoms with E-state index < -0.39 is 45.5 Å². The van der Waals surface area contributed by atoms with Crippen molar-refractivity contribution in [2.75, 3.05) is 0 Å². The lowest BCUT2D eigenvalue weighted by Crippen LogP contribution is -2.28. The van der Waals surface area contributed by atoms with Crippen LogP contribution >= 0.6 is 0 Å². The highest BCUT2D eigenvalue weighted by molar-refractivity contribution is 7.88. The summed E-state index contributed by atoms with van der Waals surface area (Å²) in [6.07, 6.45) is -5.30. The Bertz CT molecular complexity index is 978. The predicted octanol–water partition coefficient (Wildman–Crippen LogP) is 4.23. The summed E-state index contributed by atoms with van der Waals surface area (Å²) in [7, 11) is -6.02. The first-order valence-corrected chi connectivity index (χ1v) is 8.64. The zero-order valence-electron chi connectivity index (χ0n) is 13.5. The van der Waals surface area contributed by atoms with Gasteiger partial charge < -0.3 is 9.29 Å². The van der Waals surface area contributed by atoms with Gasteiger partial charge >= 0.3 is 27.8 Å². The summed E-state index contributed by atoms with van der Waals surface area (Å²) in [5.41, 5.74) is -6.76. The summed E-state index contributed by atoms with van der Waals surface area (Å²) < 4.78 is 102. The minimum Gasteiger partial charge on any atom is -0.481 e. The van der Waals surface area contributed by atoms with Gasteiger partial charge in [0.15, 0.2) is 0 Å². The van der Waals surface area contributed by atoms with Gasteiger partial charge in [0, 0.05) is 0 Å². The van der Waals surface area contributed by atoms with Crippen LogP contribution in [0.2, 0.25) is 0 Å². The summed E-state index contributed by atoms with van der Waals surface area (Å²) >= 11 is 0. The maximum atomic E-state index is 12.6. The zero-order chi connectivity index (χ0) is 21.3. The third-order valence-electron chi connectivity index (χ3n) is 3.36. The van der Waals surface area contributed by atoms with E-state index in [-0.39, 0.29) is 16.7 Å². The second kappa shape index (κ2) is 7.34. The van der Waals surface area contributed by atoms with Gasteiger partial charge in [-0.25, -0.2) is 0 Å². The molecular weight excluding hydrogens is 418 g/mol. The van der Waals surface area contributed by atoms with Gasteiger partial charge in [0.25, 0.3) is 0 Å². The van der Waals surface area contributed by atoms with E-state index in [9.17, 15) is 39.6 Å². The molecule has 0 atom stereocenters. The fourth-order valence-corrected chi connectivity index (χ4v) is 2.62. The second-order valence-electron chi connectivity index (χ2n) is 5.49. The molecule has 2 rings (SSSR count). The lowest BCUT2D eigenvalue weighted by atomic mass is 10.00. The molecule has 1 N–H and O–H groups in total. The summed E-state index contributed by atoms with van der Waals surface area (Å²) in [4.78, 5) is 10.9. The fourth-order valence-electron chi connectivity index (χ4n) is 2.18. The lowest BCUT2D eigenvalue weighted by molar-refractivity contribution is -0.138. The van der Waals surface area contributed by atoms with Crippen LogP contribution in [0, 0.1) is 0 Å². The highest BCUT2D eigenvalue weighted by Gasteiger charge is 2.48. The Morgan fingerprint density at radius 1 is 0.929 bits per heavy atom. The Kier molecular flexibility index (Phi) is 5.64. The topological polar surface area (TPSA) is 80.7 Å². The summed E-state index contributed by atoms with van der Waals surface area (Å²) in [5, 5.41) is 8.84. The van der Waals surface area contributed by atoms with Crippen molar-refractivity contribution in [2.45, 2.75) is 18.1 Å². The molecular formula is C16H10F6O5S. The van der Waals surface area contributed by atoms with Gasteiger partial charge in [-0.2, -0.15) is 34.8 Å². The van der Waals surface area contributed by atoms with Crippen LogP contribution < -0.4 is 4.18 Å². The van der Waals surface area contributed by atoms with Crippen LogP contribution in [0.3, 0.4) is 0 Å². The molecule has 12 heteroatoms. The Hall–Kier alpha value is -2.76. The molecule has 0 fully saturated rings. The number of hydrogen-bond donors (Lipinski definition) is 1. The average molecular weight is 428 g/mol. The highest BCUT2D eigenvalue weighted by atomic mass is 32.2. The molecule has 0 aliphatic carbocycles. The van der Waals surface area contributed by atoms with E-state index in [1.807, 2.05) is 0 Å². The number of hydrogen-bond acceptors (Lipinski definition) is 4. The smallest absolute Gasteiger partial charge is 0.481 e. The van der Waals surface area contributed by atoms with Gasteiger partial charge in [0.05, 0.1) is 12.0 Å². The molecule has 0 aliphatic heterocycles. The molecule has 0 aromatic heterocycles. The number of aliphatic carboxylic acids is 1. The monoisotopic (exact) mass is 428 g/mol. The Balaban J connectivity index is 2.51. The van der Waals surface area contributed by atoms with Crippen molar-refractivity contribution in [3.8, 4) is 16.9 Å². The molecule has 0 aliphatic rings. The number of halogens is 6. The lowest BCUT2D eigenvalue weighted by Gasteiger charge is -2.13. The van der Waals surface area contributed by atoms with Crippen molar-refractivity contribution < 1.29 is 48.8 Å². The Morgan fingerprint density at radius 3 is 1.96 bits per heavy atom. The third kappa shape index (κ3) is 5.15. The Morgan fingerprint density at radius 2 is 1.50 bits per heavy atom. The van der Waals surface area contributed by atoms with E-state index in [2.05, 4.69) is 4.18 Å². The standard InChI is InChI=1S/C16H10F6O5S/c17-15(18,19)12-3-1-10(2-4-12)11-5-9(7-14(23)24)6-13(8-11)27-28(25,26)16(20,21)22/h1-6,8H,7H2,(H,23,24). The molecule has 5 nitrogen and oxygen atoms in total. The van der Waals surface area contributed by atoms with Gasteiger partial charge in [-0.05, 0) is 41.0 Å². The van der Waals surface area contributed by atoms with E-state index in [4.69, 9.17) is 5.11 Å². The molecule has 0 spiro atoms. The molecule has 2 aromatic rings. The normalized spacial score (nSPS) is 12.6. The van der Waals surface area contributed by atoms with Crippen LogP contribution in [0.5, 0.6) is 5.75 Å². The predicted molar refractivity (Wildman–Crippen MR) is 83.8 cm³/mol. The molecule has 0 radical (unpaired) electrons. The van der Waals surface area contributed by atoms with Crippen LogP contribution in [-0.4, -0.2) is 25.0 Å². The molecule has 0 heterocycles. The highest BCUT2D eigenvalue weighted by Crippen LogP contribution is 2.34. The summed E-state index contributed by atoms with van der Waals surface area (Å²) in [5.74, 6) is -2.19. The number of carbonyl (C=O) groups is 1. The molecule has 0 unspecified atom stereocenters. The maximum absolute atomic E-state index is 12.6. The molecule has 2 aromatic carbocycles. The SMILES string of the molecule is O=C(O)Cc1cc(OS(=O)(=O)C(F)(F)F)cc(-c2ccc(C(F)(F)F)cc2)c1. The molecule has 0 amide bonds. The van der Waals surface area contributed by atoms with E-state index >= 15 is 0 Å². The second-order valence-corrected chi connectivity index (χ2v) is 7.03. The summed E-state index contributed by atoms with van der Waals surface area (Å²) in [6.45, 7) is 0. The average Bonchev–Trinajstić information content (AvgIpc) is 2.51. The van der Waals surface area contributed by atoms with Gasteiger partial charge in [-0.15, -0.1) is 0 Å². The summed E-state index contributed by atoms with van der Waals surface area (Å²) in [6, 6.07) is 6.25. The number of benzene rings is 2. The maximum Gasteiger partial charge on any atom is 0.534 e. The van der Waals surface area contributed by atoms with E-state index in [1.54, 1.807) is 0 Å². The van der Waals surface area contributed by atoms with Gasteiger partial charge in [0.2, 0.25) is 0 Å². The molecule has 0 bridgehead atoms. The van der Waals surface area contributed by atoms with Gasteiger partial charge in [-0.3, -0.25) is 4.79 Å². The van der Waals surface area contributed by atoms with E-state index in [1.165, 1.54) is 6.07 Å². The minimum absolute atomic E-state index is 0.0279. The van der Waals surface area contributed by atoms with Crippen LogP contribution in [0.25, 0.3) is 11.1 Å². The third-order valence-corrected chi connectivity index (χ3v) is 4.34. The fraction of sp³-hybridized carbons (Fsp3) is 0.188. The number of carboxylic acids is 1. The zero-order valence-corrected chi connectivity index (χ0v) is 14.3. The molecule has 152 valence electrons. The van der Waals surface area contributed by atoms with Crippen LogP contribution in [0.4, 0.5) is 26.3 Å². The quantitative estimate of drug-likeness (QED) is 0.438. The van der Waals surface area contributed by atoms with Gasteiger partial charge in [0.1, 0.15) is 5.75 Å². The first kappa shape index (κ1) is 21.5. The first-order chi connectivity index (χ1) is 12.7. The van der Waals surface area contributed by atoms with Crippen molar-refractivity contribution in [2.24, 2.45) is 0 Å². The van der Waals surface area contributed by atoms with Crippen molar-refractivity contribution in [3.05, 3.63) is 53.6 Å². The van der Waals surface area contributed by atoms with Crippen molar-refractivity contribution >= 4 is 16.1 Å². The van der Waals surface area contributed by atoms with E-state index in [0.29, 0.717) is 12.1 Å². The van der Waals surface area contributed by atoms with Crippen LogP contribution in [-0.2, 0) is 27.5 Å². The van der Waals surface area contributed by atoms with Crippen molar-refractivity contribution in [1.82, 2.24) is 0 Å². The number of carboxylic acid groups (broad SMARTS) is 1. The molecule has 28 heavy (non-hydrogen) atoms. The van der Waals surface area contributed by atoms with Crippen LogP contribution in [0.15, 0.2) is 42.5 Å².